The Labute approximate surface area is 138 Å². The second kappa shape index (κ2) is 5.15. The topological polar surface area (TPSA) is 33.6 Å². The Morgan fingerprint density at radius 1 is 1.25 bits per heavy atom. The van der Waals surface area contributed by atoms with E-state index in [1.165, 1.54) is 0 Å². The van der Waals surface area contributed by atoms with Gasteiger partial charge >= 0.3 is 0 Å². The van der Waals surface area contributed by atoms with E-state index in [-0.39, 0.29) is 0 Å². The monoisotopic (exact) mass is 387 g/mol. The van der Waals surface area contributed by atoms with Crippen LogP contribution in [0.4, 0.5) is 0 Å². The zero-order chi connectivity index (χ0) is 14.4. The molecule has 0 bridgehead atoms. The molecule has 1 N–H and O–H groups in total. The van der Waals surface area contributed by atoms with Gasteiger partial charge < -0.3 is 4.98 Å². The van der Waals surface area contributed by atoms with Crippen molar-refractivity contribution in [3.8, 4) is 5.69 Å². The minimum absolute atomic E-state index is 0.432. The van der Waals surface area contributed by atoms with Gasteiger partial charge in [-0.2, -0.15) is 0 Å². The van der Waals surface area contributed by atoms with Crippen molar-refractivity contribution in [3.05, 3.63) is 49.2 Å². The predicted molar refractivity (Wildman–Crippen MR) is 88.7 cm³/mol. The van der Waals surface area contributed by atoms with Crippen molar-refractivity contribution in [1.82, 2.24) is 14.5 Å². The molecule has 2 heterocycles. The second-order valence-electron chi connectivity index (χ2n) is 4.29. The Morgan fingerprint density at radius 2 is 2.00 bits per heavy atom. The number of rotatable bonds is 1. The summed E-state index contributed by atoms with van der Waals surface area (Å²) < 4.78 is 3.06. The van der Waals surface area contributed by atoms with Crippen molar-refractivity contribution in [2.75, 3.05) is 0 Å². The van der Waals surface area contributed by atoms with E-state index in [2.05, 4.69) is 25.9 Å². The van der Waals surface area contributed by atoms with Crippen LogP contribution in [0.3, 0.4) is 0 Å². The first-order chi connectivity index (χ1) is 9.50. The molecule has 3 aromatic rings. The van der Waals surface area contributed by atoms with Crippen molar-refractivity contribution in [2.45, 2.75) is 6.92 Å². The first-order valence-corrected chi connectivity index (χ1v) is 7.66. The van der Waals surface area contributed by atoms with E-state index in [0.29, 0.717) is 20.5 Å². The molecule has 0 saturated carbocycles. The fourth-order valence-electron chi connectivity index (χ4n) is 2.04. The summed E-state index contributed by atoms with van der Waals surface area (Å²) in [5, 5.41) is 0.884. The van der Waals surface area contributed by atoms with Gasteiger partial charge in [-0.05, 0) is 58.8 Å². The molecular weight excluding hydrogens is 381 g/mol. The zero-order valence-electron chi connectivity index (χ0n) is 10.2. The highest BCUT2D eigenvalue weighted by Gasteiger charge is 2.15. The molecule has 3 nitrogen and oxygen atoms in total. The summed E-state index contributed by atoms with van der Waals surface area (Å²) in [5.41, 5.74) is 3.40. The number of pyridine rings is 1. The van der Waals surface area contributed by atoms with Crippen LogP contribution in [0.1, 0.15) is 5.56 Å². The lowest BCUT2D eigenvalue weighted by atomic mass is 10.2. The van der Waals surface area contributed by atoms with Gasteiger partial charge in [0.25, 0.3) is 0 Å². The maximum absolute atomic E-state index is 6.33. The first kappa shape index (κ1) is 14.1. The number of nitrogens with one attached hydrogen (secondary N) is 1. The summed E-state index contributed by atoms with van der Waals surface area (Å²) in [6.45, 7) is 2.00. The largest absolute Gasteiger partial charge is 0.329 e. The lowest BCUT2D eigenvalue weighted by molar-refractivity contribution is 1.04. The molecular formula is C13H8BrCl2N3S. The van der Waals surface area contributed by atoms with Crippen LogP contribution in [0.25, 0.3) is 16.9 Å². The normalized spacial score (nSPS) is 11.2. The molecule has 102 valence electrons. The van der Waals surface area contributed by atoms with Crippen molar-refractivity contribution in [3.63, 3.8) is 0 Å². The smallest absolute Gasteiger partial charge is 0.184 e. The fourth-order valence-corrected chi connectivity index (χ4v) is 3.18. The van der Waals surface area contributed by atoms with Crippen LogP contribution in [0.5, 0.6) is 0 Å². The molecule has 0 unspecified atom stereocenters. The van der Waals surface area contributed by atoms with Gasteiger partial charge in [0.15, 0.2) is 10.4 Å². The number of hydrogen-bond acceptors (Lipinski definition) is 2. The number of benzene rings is 1. The highest BCUT2D eigenvalue weighted by molar-refractivity contribution is 9.10. The van der Waals surface area contributed by atoms with Crippen LogP contribution in [-0.2, 0) is 0 Å². The van der Waals surface area contributed by atoms with Gasteiger partial charge in [-0.15, -0.1) is 0 Å². The number of hydrogen-bond donors (Lipinski definition) is 1. The van der Waals surface area contributed by atoms with Crippen molar-refractivity contribution in [1.29, 1.82) is 0 Å². The number of halogens is 3. The summed E-state index contributed by atoms with van der Waals surface area (Å²) in [4.78, 5) is 7.54. The number of aromatic nitrogens is 3. The average Bonchev–Trinajstić information content (AvgIpc) is 2.75. The average molecular weight is 389 g/mol. The maximum Gasteiger partial charge on any atom is 0.184 e. The minimum Gasteiger partial charge on any atom is -0.329 e. The van der Waals surface area contributed by atoms with Gasteiger partial charge in [0.2, 0.25) is 0 Å². The van der Waals surface area contributed by atoms with Crippen LogP contribution >= 0.6 is 51.3 Å². The number of aromatic amines is 1. The molecule has 7 heteroatoms. The maximum atomic E-state index is 6.33. The van der Waals surface area contributed by atoms with E-state index in [0.717, 1.165) is 21.2 Å². The molecule has 0 aliphatic heterocycles. The Bertz CT molecular complexity index is 885. The van der Waals surface area contributed by atoms with Gasteiger partial charge in [0.1, 0.15) is 0 Å². The third kappa shape index (κ3) is 2.09. The lowest BCUT2D eigenvalue weighted by Gasteiger charge is -2.09. The Balaban J connectivity index is 2.42. The third-order valence-electron chi connectivity index (χ3n) is 3.04. The molecule has 0 saturated heterocycles. The summed E-state index contributed by atoms with van der Waals surface area (Å²) in [6.07, 6.45) is 1.74. The summed E-state index contributed by atoms with van der Waals surface area (Å²) in [5.74, 6) is 0. The van der Waals surface area contributed by atoms with E-state index in [9.17, 15) is 0 Å². The van der Waals surface area contributed by atoms with Crippen LogP contribution in [0, 0.1) is 11.7 Å². The lowest BCUT2D eigenvalue weighted by Crippen LogP contribution is -1.97. The number of aryl methyl sites for hydroxylation is 1. The molecule has 0 amide bonds. The molecule has 0 aliphatic carbocycles. The number of H-pyrrole nitrogens is 1. The molecule has 1 aromatic carbocycles. The van der Waals surface area contributed by atoms with E-state index in [1.54, 1.807) is 10.8 Å². The van der Waals surface area contributed by atoms with Crippen molar-refractivity contribution < 1.29 is 0 Å². The molecule has 0 fully saturated rings. The van der Waals surface area contributed by atoms with Crippen LogP contribution < -0.4 is 0 Å². The Hall–Kier alpha value is -0.880. The van der Waals surface area contributed by atoms with Gasteiger partial charge in [-0.25, -0.2) is 4.98 Å². The highest BCUT2D eigenvalue weighted by atomic mass is 79.9. The van der Waals surface area contributed by atoms with Crippen molar-refractivity contribution >= 4 is 62.5 Å². The molecule has 3 rings (SSSR count). The Morgan fingerprint density at radius 3 is 2.75 bits per heavy atom. The van der Waals surface area contributed by atoms with Crippen LogP contribution in [0.2, 0.25) is 10.0 Å². The van der Waals surface area contributed by atoms with Gasteiger partial charge in [-0.3, -0.25) is 4.57 Å². The van der Waals surface area contributed by atoms with Crippen LogP contribution in [-0.4, -0.2) is 14.5 Å². The molecule has 0 spiro atoms. The zero-order valence-corrected chi connectivity index (χ0v) is 14.2. The molecule has 0 atom stereocenters. The third-order valence-corrected chi connectivity index (χ3v) is 5.09. The van der Waals surface area contributed by atoms with E-state index in [4.69, 9.17) is 35.4 Å². The molecule has 0 radical (unpaired) electrons. The standard InChI is InChI=1S/C13H8BrCl2N3S/c1-6-4-5-17-12-11(6)18-13(20)19(12)8-3-2-7(14)9(15)10(8)16/h2-5H,1H3,(H,18,20). The first-order valence-electron chi connectivity index (χ1n) is 5.71. The van der Waals surface area contributed by atoms with E-state index >= 15 is 0 Å². The van der Waals surface area contributed by atoms with E-state index < -0.39 is 0 Å². The van der Waals surface area contributed by atoms with Gasteiger partial charge in [0, 0.05) is 10.7 Å². The predicted octanol–water partition coefficient (Wildman–Crippen LogP) is 5.46. The summed E-state index contributed by atoms with van der Waals surface area (Å²) in [6, 6.07) is 5.61. The SMILES string of the molecule is Cc1ccnc2c1[nH]c(=S)n2-c1ccc(Br)c(Cl)c1Cl. The summed E-state index contributed by atoms with van der Waals surface area (Å²) in [7, 11) is 0. The molecule has 2 aromatic heterocycles. The number of fused-ring (bicyclic) bond motifs is 1. The minimum atomic E-state index is 0.432. The van der Waals surface area contributed by atoms with Crippen molar-refractivity contribution in [2.24, 2.45) is 0 Å². The summed E-state index contributed by atoms with van der Waals surface area (Å²) >= 11 is 21.2. The molecule has 20 heavy (non-hydrogen) atoms. The number of imidazole rings is 1. The fraction of sp³-hybridized carbons (Fsp3) is 0.0769. The highest BCUT2D eigenvalue weighted by Crippen LogP contribution is 2.36. The second-order valence-corrected chi connectivity index (χ2v) is 6.28. The Kier molecular flexibility index (Phi) is 3.62. The number of nitrogens with zero attached hydrogens (tertiary/aromatic N) is 2. The van der Waals surface area contributed by atoms with Crippen LogP contribution in [0.15, 0.2) is 28.9 Å². The van der Waals surface area contributed by atoms with Gasteiger partial charge in [-0.1, -0.05) is 23.2 Å². The van der Waals surface area contributed by atoms with Gasteiger partial charge in [0.05, 0.1) is 21.2 Å². The van der Waals surface area contributed by atoms with E-state index in [1.807, 2.05) is 25.1 Å². The quantitative estimate of drug-likeness (QED) is 0.443. The molecule has 0 aliphatic rings.